The highest BCUT2D eigenvalue weighted by Gasteiger charge is 2.05. The fraction of sp³-hybridized carbons (Fsp3) is 0.600. The van der Waals surface area contributed by atoms with Crippen LogP contribution in [0.25, 0.3) is 0 Å². The summed E-state index contributed by atoms with van der Waals surface area (Å²) in [7, 11) is 0. The van der Waals surface area contributed by atoms with Gasteiger partial charge < -0.3 is 5.73 Å². The average Bonchev–Trinajstić information content (AvgIpc) is 2.17. The van der Waals surface area contributed by atoms with Gasteiger partial charge in [0.25, 0.3) is 0 Å². The molecule has 0 fully saturated rings. The largest absolute Gasteiger partial charge is 0.381 e. The second kappa shape index (κ2) is 5.86. The van der Waals surface area contributed by atoms with Crippen LogP contribution >= 0.6 is 11.8 Å². The van der Waals surface area contributed by atoms with Crippen molar-refractivity contribution in [1.82, 2.24) is 9.97 Å². The van der Waals surface area contributed by atoms with Crippen molar-refractivity contribution in [3.63, 3.8) is 0 Å². The predicted octanol–water partition coefficient (Wildman–Crippen LogP) is 2.59. The summed E-state index contributed by atoms with van der Waals surface area (Å²) < 4.78 is 0. The first-order chi connectivity index (χ1) is 6.74. The minimum absolute atomic E-state index is 0.543. The first-order valence-corrected chi connectivity index (χ1v) is 5.91. The molecule has 14 heavy (non-hydrogen) atoms. The molecule has 0 saturated carbocycles. The molecule has 3 nitrogen and oxygen atoms in total. The number of hydrogen-bond donors (Lipinski definition) is 1. The third-order valence-corrected chi connectivity index (χ3v) is 3.30. The second-order valence-electron chi connectivity index (χ2n) is 3.45. The standard InChI is InChI=1S/C10H17N3S/c1-3-4-8(2)7-14-10-9(11)12-5-6-13-10/h5-6,8H,3-4,7H2,1-2H3,(H2,11,12). The summed E-state index contributed by atoms with van der Waals surface area (Å²) in [5, 5.41) is 0.857. The molecule has 0 aliphatic heterocycles. The summed E-state index contributed by atoms with van der Waals surface area (Å²) >= 11 is 1.70. The Hall–Kier alpha value is -0.770. The third kappa shape index (κ3) is 3.54. The number of thioether (sulfide) groups is 1. The van der Waals surface area contributed by atoms with Crippen LogP contribution in [0.2, 0.25) is 0 Å². The van der Waals surface area contributed by atoms with Crippen molar-refractivity contribution in [3.05, 3.63) is 12.4 Å². The highest BCUT2D eigenvalue weighted by atomic mass is 32.2. The van der Waals surface area contributed by atoms with Gasteiger partial charge in [0, 0.05) is 18.1 Å². The maximum atomic E-state index is 5.69. The van der Waals surface area contributed by atoms with Crippen molar-refractivity contribution in [3.8, 4) is 0 Å². The van der Waals surface area contributed by atoms with E-state index in [1.54, 1.807) is 24.2 Å². The van der Waals surface area contributed by atoms with Gasteiger partial charge in [-0.25, -0.2) is 9.97 Å². The summed E-state index contributed by atoms with van der Waals surface area (Å²) in [5.41, 5.74) is 5.69. The van der Waals surface area contributed by atoms with Gasteiger partial charge in [-0.1, -0.05) is 26.7 Å². The van der Waals surface area contributed by atoms with Crippen LogP contribution in [0.1, 0.15) is 26.7 Å². The monoisotopic (exact) mass is 211 g/mol. The topological polar surface area (TPSA) is 51.8 Å². The lowest BCUT2D eigenvalue weighted by Crippen LogP contribution is -2.00. The molecule has 1 aromatic heterocycles. The van der Waals surface area contributed by atoms with Gasteiger partial charge in [0.2, 0.25) is 0 Å². The Morgan fingerprint density at radius 2 is 2.14 bits per heavy atom. The van der Waals surface area contributed by atoms with E-state index in [-0.39, 0.29) is 0 Å². The van der Waals surface area contributed by atoms with Crippen molar-refractivity contribution in [2.75, 3.05) is 11.5 Å². The lowest BCUT2D eigenvalue weighted by molar-refractivity contribution is 0.585. The first-order valence-electron chi connectivity index (χ1n) is 4.93. The Morgan fingerprint density at radius 1 is 1.43 bits per heavy atom. The van der Waals surface area contributed by atoms with E-state index < -0.39 is 0 Å². The van der Waals surface area contributed by atoms with Crippen LogP contribution in [0.5, 0.6) is 0 Å². The number of rotatable bonds is 5. The Kier molecular flexibility index (Phi) is 4.73. The van der Waals surface area contributed by atoms with Gasteiger partial charge in [-0.2, -0.15) is 0 Å². The van der Waals surface area contributed by atoms with Gasteiger partial charge in [0.05, 0.1) is 0 Å². The fourth-order valence-corrected chi connectivity index (χ4v) is 2.19. The molecule has 2 N–H and O–H groups in total. The number of aromatic nitrogens is 2. The van der Waals surface area contributed by atoms with Crippen LogP contribution in [-0.4, -0.2) is 15.7 Å². The zero-order valence-corrected chi connectivity index (χ0v) is 9.55. The van der Waals surface area contributed by atoms with Crippen molar-refractivity contribution in [1.29, 1.82) is 0 Å². The summed E-state index contributed by atoms with van der Waals surface area (Å²) in [6, 6.07) is 0. The number of anilines is 1. The van der Waals surface area contributed by atoms with E-state index in [0.29, 0.717) is 11.7 Å². The zero-order chi connectivity index (χ0) is 10.4. The molecule has 0 amide bonds. The van der Waals surface area contributed by atoms with Crippen molar-refractivity contribution < 1.29 is 0 Å². The lowest BCUT2D eigenvalue weighted by atomic mass is 10.1. The molecule has 0 aromatic carbocycles. The number of nitrogen functional groups attached to an aromatic ring is 1. The summed E-state index contributed by atoms with van der Waals surface area (Å²) in [4.78, 5) is 8.18. The van der Waals surface area contributed by atoms with E-state index in [9.17, 15) is 0 Å². The van der Waals surface area contributed by atoms with Crippen molar-refractivity contribution in [2.45, 2.75) is 31.7 Å². The predicted molar refractivity (Wildman–Crippen MR) is 61.2 cm³/mol. The van der Waals surface area contributed by atoms with Crippen LogP contribution in [0, 0.1) is 5.92 Å². The third-order valence-electron chi connectivity index (χ3n) is 1.98. The minimum Gasteiger partial charge on any atom is -0.381 e. The second-order valence-corrected chi connectivity index (χ2v) is 4.46. The maximum absolute atomic E-state index is 5.69. The van der Waals surface area contributed by atoms with Crippen LogP contribution in [0.15, 0.2) is 17.4 Å². The lowest BCUT2D eigenvalue weighted by Gasteiger charge is -2.09. The summed E-state index contributed by atoms with van der Waals surface area (Å²) in [5.74, 6) is 2.32. The van der Waals surface area contributed by atoms with Gasteiger partial charge in [0.1, 0.15) is 5.03 Å². The highest BCUT2D eigenvalue weighted by molar-refractivity contribution is 7.99. The number of hydrogen-bond acceptors (Lipinski definition) is 4. The van der Waals surface area contributed by atoms with E-state index in [2.05, 4.69) is 23.8 Å². The summed E-state index contributed by atoms with van der Waals surface area (Å²) in [6.07, 6.45) is 5.79. The van der Waals surface area contributed by atoms with E-state index in [1.807, 2.05) is 0 Å². The van der Waals surface area contributed by atoms with E-state index >= 15 is 0 Å². The molecular formula is C10H17N3S. The smallest absolute Gasteiger partial charge is 0.156 e. The Bertz CT molecular complexity index is 278. The van der Waals surface area contributed by atoms with Gasteiger partial charge in [-0.3, -0.25) is 0 Å². The van der Waals surface area contributed by atoms with Crippen LogP contribution in [-0.2, 0) is 0 Å². The molecule has 1 aromatic rings. The van der Waals surface area contributed by atoms with E-state index in [0.717, 1.165) is 10.8 Å². The molecule has 0 spiro atoms. The molecule has 0 aliphatic rings. The Morgan fingerprint density at radius 3 is 2.79 bits per heavy atom. The van der Waals surface area contributed by atoms with Gasteiger partial charge in [0.15, 0.2) is 5.82 Å². The maximum Gasteiger partial charge on any atom is 0.156 e. The first kappa shape index (κ1) is 11.3. The molecule has 0 bridgehead atoms. The quantitative estimate of drug-likeness (QED) is 0.761. The number of nitrogens with two attached hydrogens (primary N) is 1. The van der Waals surface area contributed by atoms with Crippen LogP contribution < -0.4 is 5.73 Å². The normalized spacial score (nSPS) is 12.7. The fourth-order valence-electron chi connectivity index (χ4n) is 1.24. The van der Waals surface area contributed by atoms with Crippen molar-refractivity contribution in [2.24, 2.45) is 5.92 Å². The van der Waals surface area contributed by atoms with Crippen LogP contribution in [0.3, 0.4) is 0 Å². The molecular weight excluding hydrogens is 194 g/mol. The SMILES string of the molecule is CCCC(C)CSc1nccnc1N. The molecule has 0 radical (unpaired) electrons. The van der Waals surface area contributed by atoms with Gasteiger partial charge in [-0.15, -0.1) is 11.8 Å². The molecule has 1 rings (SSSR count). The molecule has 1 unspecified atom stereocenters. The summed E-state index contributed by atoms with van der Waals surface area (Å²) in [6.45, 7) is 4.46. The molecule has 78 valence electrons. The molecule has 0 aliphatic carbocycles. The molecule has 1 heterocycles. The van der Waals surface area contributed by atoms with E-state index in [1.165, 1.54) is 12.8 Å². The molecule has 1 atom stereocenters. The minimum atomic E-state index is 0.543. The highest BCUT2D eigenvalue weighted by Crippen LogP contribution is 2.23. The molecule has 4 heteroatoms. The Labute approximate surface area is 89.5 Å². The average molecular weight is 211 g/mol. The zero-order valence-electron chi connectivity index (χ0n) is 8.73. The van der Waals surface area contributed by atoms with E-state index in [4.69, 9.17) is 5.73 Å². The Balaban J connectivity index is 2.41. The van der Waals surface area contributed by atoms with Crippen LogP contribution in [0.4, 0.5) is 5.82 Å². The molecule has 0 saturated heterocycles. The number of nitrogens with zero attached hydrogens (tertiary/aromatic N) is 2. The van der Waals surface area contributed by atoms with Gasteiger partial charge in [-0.05, 0) is 5.92 Å². The van der Waals surface area contributed by atoms with Crippen molar-refractivity contribution >= 4 is 17.6 Å². The van der Waals surface area contributed by atoms with Gasteiger partial charge >= 0.3 is 0 Å².